The standard InChI is InChI=1S/C13H20N4O/c1-13(6-2-3-7-13)8-16-12-9(14)4-5-10(17-12)11(15)18/h4-5H,2-3,6-8,14H2,1H3,(H2,15,18)(H,16,17). The zero-order valence-corrected chi connectivity index (χ0v) is 10.7. The number of anilines is 2. The van der Waals surface area contributed by atoms with Crippen LogP contribution in [0.5, 0.6) is 0 Å². The van der Waals surface area contributed by atoms with Crippen molar-refractivity contribution < 1.29 is 4.79 Å². The highest BCUT2D eigenvalue weighted by molar-refractivity contribution is 5.91. The summed E-state index contributed by atoms with van der Waals surface area (Å²) < 4.78 is 0. The smallest absolute Gasteiger partial charge is 0.267 e. The summed E-state index contributed by atoms with van der Waals surface area (Å²) in [5.41, 5.74) is 12.1. The van der Waals surface area contributed by atoms with Crippen LogP contribution in [-0.4, -0.2) is 17.4 Å². The van der Waals surface area contributed by atoms with Crippen LogP contribution in [0.25, 0.3) is 0 Å². The van der Waals surface area contributed by atoms with Gasteiger partial charge in [0.15, 0.2) is 0 Å². The second-order valence-corrected chi connectivity index (χ2v) is 5.37. The lowest BCUT2D eigenvalue weighted by atomic mass is 9.89. The predicted molar refractivity (Wildman–Crippen MR) is 72.2 cm³/mol. The molecule has 98 valence electrons. The summed E-state index contributed by atoms with van der Waals surface area (Å²) in [6.07, 6.45) is 5.00. The second-order valence-electron chi connectivity index (χ2n) is 5.37. The van der Waals surface area contributed by atoms with Gasteiger partial charge in [0, 0.05) is 6.54 Å². The maximum Gasteiger partial charge on any atom is 0.267 e. The lowest BCUT2D eigenvalue weighted by molar-refractivity contribution is 0.0996. The molecule has 5 N–H and O–H groups in total. The Kier molecular flexibility index (Phi) is 3.41. The van der Waals surface area contributed by atoms with Gasteiger partial charge in [0.2, 0.25) is 0 Å². The van der Waals surface area contributed by atoms with E-state index in [2.05, 4.69) is 17.2 Å². The predicted octanol–water partition coefficient (Wildman–Crippen LogP) is 1.75. The van der Waals surface area contributed by atoms with Crippen molar-refractivity contribution in [1.29, 1.82) is 0 Å². The SMILES string of the molecule is CC1(CNc2nc(C(N)=O)ccc2N)CCCC1. The lowest BCUT2D eigenvalue weighted by Gasteiger charge is -2.24. The van der Waals surface area contributed by atoms with Crippen molar-refractivity contribution in [3.05, 3.63) is 17.8 Å². The van der Waals surface area contributed by atoms with Gasteiger partial charge in [-0.2, -0.15) is 0 Å². The van der Waals surface area contributed by atoms with Crippen LogP contribution in [0.4, 0.5) is 11.5 Å². The van der Waals surface area contributed by atoms with Crippen LogP contribution < -0.4 is 16.8 Å². The number of nitrogens with zero attached hydrogens (tertiary/aromatic N) is 1. The summed E-state index contributed by atoms with van der Waals surface area (Å²) >= 11 is 0. The number of nitrogens with two attached hydrogens (primary N) is 2. The summed E-state index contributed by atoms with van der Waals surface area (Å²) in [6.45, 7) is 3.09. The summed E-state index contributed by atoms with van der Waals surface area (Å²) in [4.78, 5) is 15.2. The fourth-order valence-electron chi connectivity index (χ4n) is 2.45. The summed E-state index contributed by atoms with van der Waals surface area (Å²) in [6, 6.07) is 3.20. The first-order chi connectivity index (χ1) is 8.50. The molecule has 5 heteroatoms. The molecule has 0 aliphatic heterocycles. The Bertz CT molecular complexity index is 452. The normalized spacial score (nSPS) is 17.6. The fourth-order valence-corrected chi connectivity index (χ4v) is 2.45. The van der Waals surface area contributed by atoms with Gasteiger partial charge in [-0.15, -0.1) is 0 Å². The average Bonchev–Trinajstić information content (AvgIpc) is 2.75. The maximum absolute atomic E-state index is 11.1. The molecule has 0 spiro atoms. The molecule has 1 heterocycles. The van der Waals surface area contributed by atoms with Gasteiger partial charge in [-0.25, -0.2) is 4.98 Å². The number of rotatable bonds is 4. The molecule has 1 amide bonds. The first kappa shape index (κ1) is 12.7. The molecular weight excluding hydrogens is 228 g/mol. The largest absolute Gasteiger partial charge is 0.396 e. The van der Waals surface area contributed by atoms with Gasteiger partial charge in [-0.3, -0.25) is 4.79 Å². The zero-order chi connectivity index (χ0) is 13.2. The van der Waals surface area contributed by atoms with Crippen molar-refractivity contribution in [2.24, 2.45) is 11.1 Å². The number of nitrogen functional groups attached to an aromatic ring is 1. The first-order valence-electron chi connectivity index (χ1n) is 6.30. The van der Waals surface area contributed by atoms with Crippen molar-refractivity contribution in [2.75, 3.05) is 17.6 Å². The van der Waals surface area contributed by atoms with Crippen LogP contribution in [-0.2, 0) is 0 Å². The Labute approximate surface area is 107 Å². The van der Waals surface area contributed by atoms with Crippen LogP contribution >= 0.6 is 0 Å². The minimum atomic E-state index is -0.537. The van der Waals surface area contributed by atoms with E-state index >= 15 is 0 Å². The molecule has 0 unspecified atom stereocenters. The molecule has 1 fully saturated rings. The lowest BCUT2D eigenvalue weighted by Crippen LogP contribution is -2.24. The number of carbonyl (C=O) groups excluding carboxylic acids is 1. The van der Waals surface area contributed by atoms with E-state index in [-0.39, 0.29) is 5.69 Å². The Balaban J connectivity index is 2.08. The zero-order valence-electron chi connectivity index (χ0n) is 10.7. The van der Waals surface area contributed by atoms with Crippen molar-refractivity contribution in [2.45, 2.75) is 32.6 Å². The number of carbonyl (C=O) groups is 1. The van der Waals surface area contributed by atoms with E-state index in [1.54, 1.807) is 12.1 Å². The van der Waals surface area contributed by atoms with E-state index in [1.807, 2.05) is 0 Å². The summed E-state index contributed by atoms with van der Waals surface area (Å²) in [5, 5.41) is 3.25. The molecular formula is C13H20N4O. The number of hydrogen-bond donors (Lipinski definition) is 3. The van der Waals surface area contributed by atoms with Gasteiger partial charge in [-0.05, 0) is 30.4 Å². The molecule has 0 radical (unpaired) electrons. The highest BCUT2D eigenvalue weighted by atomic mass is 16.1. The second kappa shape index (κ2) is 4.84. The van der Waals surface area contributed by atoms with Crippen LogP contribution in [0.1, 0.15) is 43.1 Å². The molecule has 1 aromatic rings. The van der Waals surface area contributed by atoms with Gasteiger partial charge in [0.1, 0.15) is 11.5 Å². The average molecular weight is 248 g/mol. The van der Waals surface area contributed by atoms with E-state index in [9.17, 15) is 4.79 Å². The first-order valence-corrected chi connectivity index (χ1v) is 6.30. The van der Waals surface area contributed by atoms with Crippen LogP contribution in [0.15, 0.2) is 12.1 Å². The Morgan fingerprint density at radius 1 is 1.44 bits per heavy atom. The molecule has 5 nitrogen and oxygen atoms in total. The Morgan fingerprint density at radius 3 is 2.72 bits per heavy atom. The molecule has 0 atom stereocenters. The van der Waals surface area contributed by atoms with E-state index < -0.39 is 5.91 Å². The van der Waals surface area contributed by atoms with Crippen molar-refractivity contribution in [3.63, 3.8) is 0 Å². The van der Waals surface area contributed by atoms with Gasteiger partial charge in [-0.1, -0.05) is 19.8 Å². The van der Waals surface area contributed by atoms with Gasteiger partial charge >= 0.3 is 0 Å². The molecule has 1 aliphatic carbocycles. The van der Waals surface area contributed by atoms with E-state index in [0.717, 1.165) is 6.54 Å². The number of aromatic nitrogens is 1. The van der Waals surface area contributed by atoms with Gasteiger partial charge < -0.3 is 16.8 Å². The highest BCUT2D eigenvalue weighted by Gasteiger charge is 2.28. The minimum Gasteiger partial charge on any atom is -0.396 e. The van der Waals surface area contributed by atoms with Crippen LogP contribution in [0, 0.1) is 5.41 Å². The number of amides is 1. The summed E-state index contributed by atoms with van der Waals surface area (Å²) in [7, 11) is 0. The molecule has 0 bridgehead atoms. The Morgan fingerprint density at radius 2 is 2.11 bits per heavy atom. The quantitative estimate of drug-likeness (QED) is 0.756. The molecule has 0 aromatic carbocycles. The van der Waals surface area contributed by atoms with E-state index in [1.165, 1.54) is 25.7 Å². The molecule has 2 rings (SSSR count). The summed E-state index contributed by atoms with van der Waals surface area (Å²) in [5.74, 6) is 0.0181. The molecule has 18 heavy (non-hydrogen) atoms. The van der Waals surface area contributed by atoms with E-state index in [0.29, 0.717) is 16.9 Å². The van der Waals surface area contributed by atoms with E-state index in [4.69, 9.17) is 11.5 Å². The third-order valence-corrected chi connectivity index (χ3v) is 3.67. The monoisotopic (exact) mass is 248 g/mol. The van der Waals surface area contributed by atoms with Gasteiger partial charge in [0.05, 0.1) is 5.69 Å². The Hall–Kier alpha value is -1.78. The molecule has 1 saturated carbocycles. The highest BCUT2D eigenvalue weighted by Crippen LogP contribution is 2.37. The van der Waals surface area contributed by atoms with Crippen LogP contribution in [0.3, 0.4) is 0 Å². The van der Waals surface area contributed by atoms with Crippen molar-refractivity contribution in [3.8, 4) is 0 Å². The van der Waals surface area contributed by atoms with Crippen molar-refractivity contribution in [1.82, 2.24) is 4.98 Å². The maximum atomic E-state index is 11.1. The number of hydrogen-bond acceptors (Lipinski definition) is 4. The third-order valence-electron chi connectivity index (χ3n) is 3.67. The molecule has 1 aliphatic rings. The van der Waals surface area contributed by atoms with Crippen molar-refractivity contribution >= 4 is 17.4 Å². The number of nitrogens with one attached hydrogen (secondary N) is 1. The van der Waals surface area contributed by atoms with Gasteiger partial charge in [0.25, 0.3) is 5.91 Å². The topological polar surface area (TPSA) is 94.0 Å². The minimum absolute atomic E-state index is 0.239. The third kappa shape index (κ3) is 2.72. The fraction of sp³-hybridized carbons (Fsp3) is 0.538. The number of primary amides is 1. The molecule has 0 saturated heterocycles. The number of pyridine rings is 1. The van der Waals surface area contributed by atoms with Crippen LogP contribution in [0.2, 0.25) is 0 Å². The molecule has 1 aromatic heterocycles.